The van der Waals surface area contributed by atoms with Crippen molar-refractivity contribution in [3.8, 4) is 0 Å². The Morgan fingerprint density at radius 3 is 2.73 bits per heavy atom. The third-order valence-electron chi connectivity index (χ3n) is 3.62. The molecule has 22 heavy (non-hydrogen) atoms. The largest absolute Gasteiger partial charge is 0.453 e. The Bertz CT molecular complexity index is 509. The van der Waals surface area contributed by atoms with Gasteiger partial charge in [0.05, 0.1) is 7.11 Å². The van der Waals surface area contributed by atoms with Crippen molar-refractivity contribution in [1.82, 2.24) is 21.5 Å². The lowest BCUT2D eigenvalue weighted by molar-refractivity contribution is -0.122. The molecule has 7 heteroatoms. The average Bonchev–Trinajstić information content (AvgIpc) is 3.02. The zero-order valence-electron chi connectivity index (χ0n) is 12.8. The van der Waals surface area contributed by atoms with Crippen LogP contribution in [0.3, 0.4) is 0 Å². The summed E-state index contributed by atoms with van der Waals surface area (Å²) in [4.78, 5) is 22.9. The second-order valence-corrected chi connectivity index (χ2v) is 5.29. The number of ether oxygens (including phenoxy) is 1. The molecular weight excluding hydrogens is 284 g/mol. The van der Waals surface area contributed by atoms with Crippen molar-refractivity contribution in [2.24, 2.45) is 0 Å². The van der Waals surface area contributed by atoms with E-state index in [0.29, 0.717) is 6.54 Å². The minimum atomic E-state index is -0.633. The normalized spacial score (nSPS) is 21.9. The molecule has 1 aliphatic heterocycles. The van der Waals surface area contributed by atoms with Crippen molar-refractivity contribution in [3.63, 3.8) is 0 Å². The summed E-state index contributed by atoms with van der Waals surface area (Å²) in [5.41, 5.74) is 7.61. The van der Waals surface area contributed by atoms with Crippen LogP contribution in [0.15, 0.2) is 30.3 Å². The van der Waals surface area contributed by atoms with Crippen LogP contribution in [0, 0.1) is 0 Å². The van der Waals surface area contributed by atoms with E-state index in [0.717, 1.165) is 6.42 Å². The third kappa shape index (κ3) is 4.44. The highest BCUT2D eigenvalue weighted by atomic mass is 16.5. The van der Waals surface area contributed by atoms with E-state index in [1.54, 1.807) is 6.92 Å². The van der Waals surface area contributed by atoms with Gasteiger partial charge in [-0.15, -0.1) is 0 Å². The van der Waals surface area contributed by atoms with Gasteiger partial charge in [0, 0.05) is 18.6 Å². The number of nitrogens with one attached hydrogen (secondary N) is 4. The van der Waals surface area contributed by atoms with Crippen LogP contribution >= 0.6 is 0 Å². The Kier molecular flexibility index (Phi) is 5.74. The summed E-state index contributed by atoms with van der Waals surface area (Å²) in [6.07, 6.45) is 0.260. The van der Waals surface area contributed by atoms with E-state index in [1.807, 2.05) is 18.2 Å². The Morgan fingerprint density at radius 2 is 2.05 bits per heavy atom. The summed E-state index contributed by atoms with van der Waals surface area (Å²) in [7, 11) is 1.26. The van der Waals surface area contributed by atoms with Crippen LogP contribution in [-0.4, -0.2) is 37.7 Å². The van der Waals surface area contributed by atoms with E-state index in [2.05, 4.69) is 38.4 Å². The number of carbonyl (C=O) groups excluding carboxylic acids is 2. The number of rotatable bonds is 5. The van der Waals surface area contributed by atoms with Gasteiger partial charge < -0.3 is 15.4 Å². The molecule has 1 aromatic carbocycles. The molecule has 1 heterocycles. The fourth-order valence-electron chi connectivity index (χ4n) is 2.34. The van der Waals surface area contributed by atoms with Gasteiger partial charge in [0.1, 0.15) is 6.04 Å². The number of alkyl carbamates (subject to hydrolysis) is 1. The summed E-state index contributed by atoms with van der Waals surface area (Å²) in [6.45, 7) is 2.10. The molecule has 120 valence electrons. The van der Waals surface area contributed by atoms with Crippen molar-refractivity contribution in [3.05, 3.63) is 35.9 Å². The Labute approximate surface area is 129 Å². The van der Waals surface area contributed by atoms with Gasteiger partial charge in [0.25, 0.3) is 0 Å². The van der Waals surface area contributed by atoms with Crippen LogP contribution < -0.4 is 21.5 Å². The van der Waals surface area contributed by atoms with Gasteiger partial charge in [0.2, 0.25) is 5.91 Å². The van der Waals surface area contributed by atoms with Crippen LogP contribution in [0.4, 0.5) is 4.79 Å². The van der Waals surface area contributed by atoms with Gasteiger partial charge in [-0.25, -0.2) is 10.2 Å². The van der Waals surface area contributed by atoms with Crippen LogP contribution in [0.2, 0.25) is 0 Å². The topological polar surface area (TPSA) is 91.5 Å². The van der Waals surface area contributed by atoms with E-state index in [-0.39, 0.29) is 18.0 Å². The first-order chi connectivity index (χ1) is 10.6. The van der Waals surface area contributed by atoms with Crippen LogP contribution in [0.25, 0.3) is 0 Å². The molecule has 0 bridgehead atoms. The number of methoxy groups -OCH3 is 1. The summed E-state index contributed by atoms with van der Waals surface area (Å²) >= 11 is 0. The van der Waals surface area contributed by atoms with E-state index >= 15 is 0 Å². The van der Waals surface area contributed by atoms with Gasteiger partial charge in [0.15, 0.2) is 0 Å². The van der Waals surface area contributed by atoms with Gasteiger partial charge in [-0.2, -0.15) is 0 Å². The first-order valence-electron chi connectivity index (χ1n) is 7.28. The maximum atomic E-state index is 11.9. The zero-order valence-corrected chi connectivity index (χ0v) is 12.8. The maximum absolute atomic E-state index is 11.9. The zero-order chi connectivity index (χ0) is 15.9. The number of hydrogen-bond acceptors (Lipinski definition) is 5. The van der Waals surface area contributed by atoms with Crippen molar-refractivity contribution in [2.75, 3.05) is 13.7 Å². The Balaban J connectivity index is 1.74. The Hall–Kier alpha value is -2.12. The summed E-state index contributed by atoms with van der Waals surface area (Å²) < 4.78 is 4.46. The molecule has 0 aromatic heterocycles. The molecule has 0 aliphatic carbocycles. The van der Waals surface area contributed by atoms with Crippen molar-refractivity contribution >= 4 is 12.0 Å². The summed E-state index contributed by atoms with van der Waals surface area (Å²) in [6, 6.07) is 9.88. The minimum absolute atomic E-state index is 0.138. The molecule has 0 saturated carbocycles. The first kappa shape index (κ1) is 16.3. The van der Waals surface area contributed by atoms with Gasteiger partial charge in [-0.1, -0.05) is 30.3 Å². The van der Waals surface area contributed by atoms with E-state index in [4.69, 9.17) is 0 Å². The molecule has 2 amide bonds. The van der Waals surface area contributed by atoms with E-state index in [9.17, 15) is 9.59 Å². The highest BCUT2D eigenvalue weighted by Crippen LogP contribution is 2.21. The molecule has 1 saturated heterocycles. The standard InChI is InChI=1S/C15H22N4O3/c1-10(17-15(21)22-2)14(20)16-9-12-8-13(19-18-12)11-6-4-3-5-7-11/h3-7,10,12-13,18-19H,8-9H2,1-2H3,(H,16,20)(H,17,21). The predicted molar refractivity (Wildman–Crippen MR) is 81.9 cm³/mol. The molecule has 1 fully saturated rings. The van der Waals surface area contributed by atoms with Crippen molar-refractivity contribution in [1.29, 1.82) is 0 Å². The molecule has 2 rings (SSSR count). The van der Waals surface area contributed by atoms with E-state index in [1.165, 1.54) is 12.7 Å². The van der Waals surface area contributed by atoms with Crippen molar-refractivity contribution in [2.45, 2.75) is 31.5 Å². The van der Waals surface area contributed by atoms with Crippen LogP contribution in [0.1, 0.15) is 24.9 Å². The minimum Gasteiger partial charge on any atom is -0.453 e. The molecule has 1 aromatic rings. The number of hydrogen-bond donors (Lipinski definition) is 4. The lowest BCUT2D eigenvalue weighted by atomic mass is 10.0. The lowest BCUT2D eigenvalue weighted by Crippen LogP contribution is -2.48. The fraction of sp³-hybridized carbons (Fsp3) is 0.467. The van der Waals surface area contributed by atoms with Crippen molar-refractivity contribution < 1.29 is 14.3 Å². The second-order valence-electron chi connectivity index (χ2n) is 5.29. The SMILES string of the molecule is COC(=O)NC(C)C(=O)NCC1CC(c2ccccc2)NN1. The molecule has 0 radical (unpaired) electrons. The fourth-order valence-corrected chi connectivity index (χ4v) is 2.34. The Morgan fingerprint density at radius 1 is 1.32 bits per heavy atom. The predicted octanol–water partition coefficient (Wildman–Crippen LogP) is 0.455. The molecule has 3 unspecified atom stereocenters. The third-order valence-corrected chi connectivity index (χ3v) is 3.62. The molecular formula is C15H22N4O3. The highest BCUT2D eigenvalue weighted by Gasteiger charge is 2.25. The van der Waals surface area contributed by atoms with Crippen LogP contribution in [-0.2, 0) is 9.53 Å². The first-order valence-corrected chi connectivity index (χ1v) is 7.28. The average molecular weight is 306 g/mol. The number of amides is 2. The number of benzene rings is 1. The molecule has 3 atom stereocenters. The van der Waals surface area contributed by atoms with Crippen LogP contribution in [0.5, 0.6) is 0 Å². The summed E-state index contributed by atoms with van der Waals surface area (Å²) in [5.74, 6) is -0.240. The lowest BCUT2D eigenvalue weighted by Gasteiger charge is -2.15. The van der Waals surface area contributed by atoms with Gasteiger partial charge in [-0.05, 0) is 18.9 Å². The molecule has 0 spiro atoms. The van der Waals surface area contributed by atoms with Gasteiger partial charge in [-0.3, -0.25) is 10.2 Å². The number of hydrazine groups is 1. The second kappa shape index (κ2) is 7.77. The maximum Gasteiger partial charge on any atom is 0.407 e. The molecule has 1 aliphatic rings. The van der Waals surface area contributed by atoms with Gasteiger partial charge >= 0.3 is 6.09 Å². The monoisotopic (exact) mass is 306 g/mol. The molecule has 4 N–H and O–H groups in total. The summed E-state index contributed by atoms with van der Waals surface area (Å²) in [5, 5.41) is 5.24. The smallest absolute Gasteiger partial charge is 0.407 e. The van der Waals surface area contributed by atoms with E-state index < -0.39 is 12.1 Å². The highest BCUT2D eigenvalue weighted by molar-refractivity contribution is 5.85. The number of carbonyl (C=O) groups is 2. The quantitative estimate of drug-likeness (QED) is 0.634. The molecule has 7 nitrogen and oxygen atoms in total.